The fourth-order valence-electron chi connectivity index (χ4n) is 1.95. The molecule has 0 fully saturated rings. The molecule has 1 unspecified atom stereocenters. The van der Waals surface area contributed by atoms with Crippen molar-refractivity contribution in [3.63, 3.8) is 0 Å². The molecule has 0 radical (unpaired) electrons. The third-order valence-electron chi connectivity index (χ3n) is 2.67. The molecule has 4 nitrogen and oxygen atoms in total. The third-order valence-corrected chi connectivity index (χ3v) is 2.67. The third kappa shape index (κ3) is 3.72. The molecule has 0 aliphatic heterocycles. The molecule has 17 heavy (non-hydrogen) atoms. The number of hydrogen-bond acceptors (Lipinski definition) is 4. The van der Waals surface area contributed by atoms with E-state index in [9.17, 15) is 0 Å². The van der Waals surface area contributed by atoms with Gasteiger partial charge >= 0.3 is 0 Å². The average molecular weight is 232 g/mol. The second-order valence-corrected chi connectivity index (χ2v) is 4.41. The fraction of sp³-hybridized carbons (Fsp3) is 0.538. The molecule has 1 atom stereocenters. The number of aromatic nitrogens is 1. The molecule has 0 bridgehead atoms. The summed E-state index contributed by atoms with van der Waals surface area (Å²) < 4.78 is 0. The molecule has 1 rings (SSSR count). The topological polar surface area (TPSA) is 43.2 Å². The Morgan fingerprint density at radius 3 is 2.53 bits per heavy atom. The molecule has 0 saturated carbocycles. The first-order valence-corrected chi connectivity index (χ1v) is 5.86. The van der Waals surface area contributed by atoms with Gasteiger partial charge < -0.3 is 9.80 Å². The van der Waals surface area contributed by atoms with Gasteiger partial charge in [-0.25, -0.2) is 4.98 Å². The van der Waals surface area contributed by atoms with E-state index in [0.29, 0.717) is 11.6 Å². The van der Waals surface area contributed by atoms with Gasteiger partial charge in [0, 0.05) is 25.3 Å². The van der Waals surface area contributed by atoms with Gasteiger partial charge in [0.05, 0.1) is 5.56 Å². The van der Waals surface area contributed by atoms with Crippen molar-refractivity contribution in [3.05, 3.63) is 23.9 Å². The van der Waals surface area contributed by atoms with Gasteiger partial charge in [0.2, 0.25) is 0 Å². The van der Waals surface area contributed by atoms with Crippen LogP contribution in [0.2, 0.25) is 0 Å². The molecule has 0 saturated heterocycles. The SMILES string of the molecule is CCN(c1ccc(C#N)cn1)C(C)CN(C)C. The Bertz CT molecular complexity index is 377. The summed E-state index contributed by atoms with van der Waals surface area (Å²) in [5, 5.41) is 8.74. The van der Waals surface area contributed by atoms with Crippen LogP contribution in [0.4, 0.5) is 5.82 Å². The highest BCUT2D eigenvalue weighted by Crippen LogP contribution is 2.14. The standard InChI is InChI=1S/C13H20N4/c1-5-17(11(2)10-16(3)4)13-7-6-12(8-14)9-15-13/h6-7,9,11H,5,10H2,1-4H3. The minimum absolute atomic E-state index is 0.399. The van der Waals surface area contributed by atoms with Crippen molar-refractivity contribution in [1.29, 1.82) is 5.26 Å². The summed E-state index contributed by atoms with van der Waals surface area (Å²) in [6.45, 7) is 6.19. The van der Waals surface area contributed by atoms with Crippen LogP contribution in [0.25, 0.3) is 0 Å². The molecule has 1 heterocycles. The van der Waals surface area contributed by atoms with Crippen LogP contribution in [0.3, 0.4) is 0 Å². The summed E-state index contributed by atoms with van der Waals surface area (Å²) in [7, 11) is 4.13. The molecule has 0 aliphatic rings. The fourth-order valence-corrected chi connectivity index (χ4v) is 1.95. The summed E-state index contributed by atoms with van der Waals surface area (Å²) in [6.07, 6.45) is 1.63. The van der Waals surface area contributed by atoms with Crippen LogP contribution in [0.15, 0.2) is 18.3 Å². The van der Waals surface area contributed by atoms with E-state index < -0.39 is 0 Å². The van der Waals surface area contributed by atoms with Crippen molar-refractivity contribution >= 4 is 5.82 Å². The summed E-state index contributed by atoms with van der Waals surface area (Å²) >= 11 is 0. The van der Waals surface area contributed by atoms with E-state index >= 15 is 0 Å². The number of likely N-dealkylation sites (N-methyl/N-ethyl adjacent to an activating group) is 2. The van der Waals surface area contributed by atoms with Crippen molar-refractivity contribution in [1.82, 2.24) is 9.88 Å². The zero-order chi connectivity index (χ0) is 12.8. The highest BCUT2D eigenvalue weighted by atomic mass is 15.2. The molecule has 0 spiro atoms. The maximum atomic E-state index is 8.74. The van der Waals surface area contributed by atoms with Gasteiger partial charge in [-0.3, -0.25) is 0 Å². The number of nitrogens with zero attached hydrogens (tertiary/aromatic N) is 4. The van der Waals surface area contributed by atoms with Crippen molar-refractivity contribution < 1.29 is 0 Å². The van der Waals surface area contributed by atoms with Crippen LogP contribution in [-0.4, -0.2) is 43.1 Å². The lowest BCUT2D eigenvalue weighted by molar-refractivity contribution is 0.372. The van der Waals surface area contributed by atoms with Crippen LogP contribution in [0.1, 0.15) is 19.4 Å². The normalized spacial score (nSPS) is 12.2. The quantitative estimate of drug-likeness (QED) is 0.775. The van der Waals surface area contributed by atoms with E-state index in [2.05, 4.69) is 48.8 Å². The summed E-state index contributed by atoms with van der Waals surface area (Å²) in [6, 6.07) is 6.21. The van der Waals surface area contributed by atoms with Gasteiger partial charge in [0.1, 0.15) is 11.9 Å². The van der Waals surface area contributed by atoms with Crippen molar-refractivity contribution in [2.45, 2.75) is 19.9 Å². The van der Waals surface area contributed by atoms with Crippen molar-refractivity contribution in [2.24, 2.45) is 0 Å². The van der Waals surface area contributed by atoms with E-state index in [1.54, 1.807) is 6.20 Å². The predicted molar refractivity (Wildman–Crippen MR) is 70.0 cm³/mol. The number of anilines is 1. The molecule has 1 aromatic heterocycles. The van der Waals surface area contributed by atoms with E-state index in [4.69, 9.17) is 5.26 Å². The lowest BCUT2D eigenvalue weighted by Gasteiger charge is -2.31. The zero-order valence-electron chi connectivity index (χ0n) is 11.0. The van der Waals surface area contributed by atoms with Gasteiger partial charge in [-0.05, 0) is 40.1 Å². The first kappa shape index (κ1) is 13.5. The Morgan fingerprint density at radius 1 is 1.41 bits per heavy atom. The first-order valence-electron chi connectivity index (χ1n) is 5.86. The van der Waals surface area contributed by atoms with Gasteiger partial charge in [-0.2, -0.15) is 5.26 Å². The maximum Gasteiger partial charge on any atom is 0.128 e. The molecular formula is C13H20N4. The summed E-state index contributed by atoms with van der Waals surface area (Å²) in [5.74, 6) is 0.931. The lowest BCUT2D eigenvalue weighted by atomic mass is 10.2. The second kappa shape index (κ2) is 6.21. The number of hydrogen-bond donors (Lipinski definition) is 0. The molecule has 0 aromatic carbocycles. The monoisotopic (exact) mass is 232 g/mol. The average Bonchev–Trinajstić information content (AvgIpc) is 2.30. The molecular weight excluding hydrogens is 212 g/mol. The first-order chi connectivity index (χ1) is 8.08. The Hall–Kier alpha value is -1.60. The molecule has 0 N–H and O–H groups in total. The highest BCUT2D eigenvalue weighted by molar-refractivity contribution is 5.42. The van der Waals surface area contributed by atoms with E-state index in [1.165, 1.54) is 0 Å². The zero-order valence-corrected chi connectivity index (χ0v) is 11.0. The molecule has 0 aliphatic carbocycles. The minimum atomic E-state index is 0.399. The van der Waals surface area contributed by atoms with Crippen LogP contribution < -0.4 is 4.90 Å². The van der Waals surface area contributed by atoms with Crippen LogP contribution in [0, 0.1) is 11.3 Å². The number of nitriles is 1. The Balaban J connectivity index is 2.82. The Morgan fingerprint density at radius 2 is 2.12 bits per heavy atom. The number of pyridine rings is 1. The van der Waals surface area contributed by atoms with Gasteiger partial charge in [0.25, 0.3) is 0 Å². The van der Waals surface area contributed by atoms with Crippen molar-refractivity contribution in [3.8, 4) is 6.07 Å². The van der Waals surface area contributed by atoms with E-state index in [1.807, 2.05) is 12.1 Å². The van der Waals surface area contributed by atoms with Gasteiger partial charge in [-0.1, -0.05) is 0 Å². The molecule has 4 heteroatoms. The maximum absolute atomic E-state index is 8.74. The highest BCUT2D eigenvalue weighted by Gasteiger charge is 2.14. The Labute approximate surface area is 103 Å². The van der Waals surface area contributed by atoms with Crippen LogP contribution in [-0.2, 0) is 0 Å². The molecule has 1 aromatic rings. The molecule has 0 amide bonds. The largest absolute Gasteiger partial charge is 0.353 e. The lowest BCUT2D eigenvalue weighted by Crippen LogP contribution is -2.40. The van der Waals surface area contributed by atoms with Crippen molar-refractivity contribution in [2.75, 3.05) is 32.1 Å². The van der Waals surface area contributed by atoms with Crippen LogP contribution >= 0.6 is 0 Å². The van der Waals surface area contributed by atoms with E-state index in [-0.39, 0.29) is 0 Å². The Kier molecular flexibility index (Phi) is 4.92. The minimum Gasteiger partial charge on any atom is -0.353 e. The van der Waals surface area contributed by atoms with Gasteiger partial charge in [-0.15, -0.1) is 0 Å². The smallest absolute Gasteiger partial charge is 0.128 e. The van der Waals surface area contributed by atoms with Crippen LogP contribution in [0.5, 0.6) is 0 Å². The van der Waals surface area contributed by atoms with E-state index in [0.717, 1.165) is 18.9 Å². The number of rotatable bonds is 5. The molecule has 92 valence electrons. The summed E-state index contributed by atoms with van der Waals surface area (Å²) in [4.78, 5) is 8.73. The van der Waals surface area contributed by atoms with Gasteiger partial charge in [0.15, 0.2) is 0 Å². The predicted octanol–water partition coefficient (Wildman–Crippen LogP) is 1.73. The summed E-state index contributed by atoms with van der Waals surface area (Å²) in [5.41, 5.74) is 0.602. The second-order valence-electron chi connectivity index (χ2n) is 4.41.